The first-order valence-corrected chi connectivity index (χ1v) is 7.50. The van der Waals surface area contributed by atoms with Crippen molar-refractivity contribution in [3.8, 4) is 0 Å². The highest BCUT2D eigenvalue weighted by Crippen LogP contribution is 2.22. The number of aliphatic carboxylic acids is 1. The fraction of sp³-hybridized carbons (Fsp3) is 0.867. The summed E-state index contributed by atoms with van der Waals surface area (Å²) >= 11 is 0. The van der Waals surface area contributed by atoms with Gasteiger partial charge in [0.25, 0.3) is 0 Å². The van der Waals surface area contributed by atoms with Gasteiger partial charge in [0, 0.05) is 12.6 Å². The maximum absolute atomic E-state index is 11.7. The minimum Gasteiger partial charge on any atom is -0.481 e. The first-order chi connectivity index (χ1) is 9.24. The molecule has 0 radical (unpaired) electrons. The van der Waals surface area contributed by atoms with Crippen LogP contribution in [0.2, 0.25) is 0 Å². The Bertz CT molecular complexity index is 298. The van der Waals surface area contributed by atoms with Gasteiger partial charge in [0.2, 0.25) is 0 Å². The molecule has 0 aromatic rings. The van der Waals surface area contributed by atoms with Gasteiger partial charge in [-0.2, -0.15) is 0 Å². The Morgan fingerprint density at radius 2 is 1.80 bits per heavy atom. The van der Waals surface area contributed by atoms with Crippen molar-refractivity contribution in [1.82, 2.24) is 10.6 Å². The average molecular weight is 286 g/mol. The van der Waals surface area contributed by atoms with E-state index in [1.165, 1.54) is 12.8 Å². The summed E-state index contributed by atoms with van der Waals surface area (Å²) in [6.07, 6.45) is 5.01. The lowest BCUT2D eigenvalue weighted by molar-refractivity contribution is -0.137. The molecule has 5 heteroatoms. The molecule has 0 aliphatic heterocycles. The number of carbonyl (C=O) groups is 2. The Morgan fingerprint density at radius 1 is 1.15 bits per heavy atom. The van der Waals surface area contributed by atoms with Crippen LogP contribution in [0.25, 0.3) is 0 Å². The van der Waals surface area contributed by atoms with Crippen LogP contribution in [-0.4, -0.2) is 29.7 Å². The van der Waals surface area contributed by atoms with Crippen LogP contribution in [0.1, 0.15) is 66.2 Å². The zero-order chi connectivity index (χ0) is 15.6. The zero-order valence-corrected chi connectivity index (χ0v) is 13.3. The number of urea groups is 1. The number of hydrogen-bond acceptors (Lipinski definition) is 2. The number of carboxylic acids is 1. The van der Waals surface area contributed by atoms with Crippen molar-refractivity contribution >= 4 is 12.0 Å². The van der Waals surface area contributed by atoms with Crippen LogP contribution >= 0.6 is 0 Å². The molecule has 0 aliphatic rings. The third kappa shape index (κ3) is 11.8. The van der Waals surface area contributed by atoms with Gasteiger partial charge >= 0.3 is 12.0 Å². The van der Waals surface area contributed by atoms with Gasteiger partial charge in [-0.25, -0.2) is 4.79 Å². The van der Waals surface area contributed by atoms with Crippen molar-refractivity contribution in [2.24, 2.45) is 5.41 Å². The fourth-order valence-electron chi connectivity index (χ4n) is 2.11. The minimum absolute atomic E-state index is 0.0193. The van der Waals surface area contributed by atoms with Crippen LogP contribution < -0.4 is 10.6 Å². The van der Waals surface area contributed by atoms with Crippen LogP contribution in [0.5, 0.6) is 0 Å². The molecule has 0 rings (SSSR count). The molecule has 0 saturated carbocycles. The molecule has 2 amide bonds. The number of carboxylic acid groups (broad SMARTS) is 1. The van der Waals surface area contributed by atoms with E-state index in [-0.39, 0.29) is 23.9 Å². The van der Waals surface area contributed by atoms with Crippen LogP contribution in [0.4, 0.5) is 4.79 Å². The average Bonchev–Trinajstić information content (AvgIpc) is 2.25. The molecule has 1 unspecified atom stereocenters. The molecule has 0 spiro atoms. The summed E-state index contributed by atoms with van der Waals surface area (Å²) in [6, 6.07) is -0.597. The molecule has 0 saturated heterocycles. The van der Waals surface area contributed by atoms with Crippen molar-refractivity contribution in [3.05, 3.63) is 0 Å². The molecule has 0 aliphatic carbocycles. The van der Waals surface area contributed by atoms with Crippen molar-refractivity contribution in [2.45, 2.75) is 72.3 Å². The van der Waals surface area contributed by atoms with E-state index in [0.717, 1.165) is 12.8 Å². The van der Waals surface area contributed by atoms with Gasteiger partial charge in [-0.3, -0.25) is 4.79 Å². The molecular formula is C15H30N2O3. The van der Waals surface area contributed by atoms with E-state index in [0.29, 0.717) is 13.0 Å². The summed E-state index contributed by atoms with van der Waals surface area (Å²) in [6.45, 7) is 8.88. The second kappa shape index (κ2) is 9.61. The van der Waals surface area contributed by atoms with Crippen LogP contribution in [-0.2, 0) is 4.79 Å². The van der Waals surface area contributed by atoms with Gasteiger partial charge in [-0.15, -0.1) is 0 Å². The number of unbranched alkanes of at least 4 members (excludes halogenated alkanes) is 3. The molecule has 0 fully saturated rings. The van der Waals surface area contributed by atoms with E-state index in [1.54, 1.807) is 0 Å². The summed E-state index contributed by atoms with van der Waals surface area (Å²) in [4.78, 5) is 22.6. The molecule has 3 N–H and O–H groups in total. The lowest BCUT2D eigenvalue weighted by Gasteiger charge is -2.25. The van der Waals surface area contributed by atoms with Crippen LogP contribution in [0.3, 0.4) is 0 Å². The van der Waals surface area contributed by atoms with Crippen LogP contribution in [0.15, 0.2) is 0 Å². The monoisotopic (exact) mass is 286 g/mol. The summed E-state index contributed by atoms with van der Waals surface area (Å²) in [7, 11) is 0. The van der Waals surface area contributed by atoms with E-state index in [1.807, 2.05) is 20.8 Å². The number of carbonyl (C=O) groups excluding carboxylic acids is 1. The van der Waals surface area contributed by atoms with Gasteiger partial charge in [-0.05, 0) is 18.3 Å². The maximum Gasteiger partial charge on any atom is 0.315 e. The van der Waals surface area contributed by atoms with Gasteiger partial charge in [0.1, 0.15) is 0 Å². The molecule has 1 atom stereocenters. The number of rotatable bonds is 9. The summed E-state index contributed by atoms with van der Waals surface area (Å²) < 4.78 is 0. The SMILES string of the molecule is CCCCCCNC(=O)NC(CC(=O)O)CC(C)(C)C. The standard InChI is InChI=1S/C15H30N2O3/c1-5-6-7-8-9-16-14(20)17-12(10-13(18)19)11-15(2,3)4/h12H,5-11H2,1-4H3,(H,18,19)(H2,16,17,20). The fourth-order valence-corrected chi connectivity index (χ4v) is 2.11. The number of amides is 2. The maximum atomic E-state index is 11.7. The molecule has 20 heavy (non-hydrogen) atoms. The molecule has 118 valence electrons. The molecule has 0 aromatic carbocycles. The second-order valence-electron chi connectivity index (χ2n) is 6.52. The zero-order valence-electron chi connectivity index (χ0n) is 13.3. The van der Waals surface area contributed by atoms with Gasteiger partial charge in [0.05, 0.1) is 6.42 Å². The third-order valence-electron chi connectivity index (χ3n) is 2.93. The first-order valence-electron chi connectivity index (χ1n) is 7.50. The third-order valence-corrected chi connectivity index (χ3v) is 2.93. The number of hydrogen-bond donors (Lipinski definition) is 3. The van der Waals surface area contributed by atoms with E-state index in [9.17, 15) is 9.59 Å². The van der Waals surface area contributed by atoms with E-state index in [4.69, 9.17) is 5.11 Å². The molecule has 0 aromatic heterocycles. The first kappa shape index (κ1) is 18.7. The smallest absolute Gasteiger partial charge is 0.315 e. The van der Waals surface area contributed by atoms with Gasteiger partial charge in [-0.1, -0.05) is 47.0 Å². The summed E-state index contributed by atoms with van der Waals surface area (Å²) in [5, 5.41) is 14.4. The van der Waals surface area contributed by atoms with Crippen LogP contribution in [0, 0.1) is 5.41 Å². The quantitative estimate of drug-likeness (QED) is 0.570. The van der Waals surface area contributed by atoms with Crippen molar-refractivity contribution in [1.29, 1.82) is 0 Å². The highest BCUT2D eigenvalue weighted by atomic mass is 16.4. The predicted molar refractivity (Wildman–Crippen MR) is 80.8 cm³/mol. The largest absolute Gasteiger partial charge is 0.481 e. The van der Waals surface area contributed by atoms with E-state index < -0.39 is 5.97 Å². The van der Waals surface area contributed by atoms with Gasteiger partial charge in [0.15, 0.2) is 0 Å². The van der Waals surface area contributed by atoms with Gasteiger partial charge < -0.3 is 15.7 Å². The minimum atomic E-state index is -0.887. The molecule has 0 heterocycles. The highest BCUT2D eigenvalue weighted by molar-refractivity contribution is 5.75. The Kier molecular flexibility index (Phi) is 9.01. The molecule has 0 bridgehead atoms. The Labute approximate surface area is 122 Å². The Balaban J connectivity index is 4.08. The van der Waals surface area contributed by atoms with Crippen molar-refractivity contribution < 1.29 is 14.7 Å². The topological polar surface area (TPSA) is 78.4 Å². The molecular weight excluding hydrogens is 256 g/mol. The Morgan fingerprint density at radius 3 is 2.30 bits per heavy atom. The van der Waals surface area contributed by atoms with Crippen molar-refractivity contribution in [2.75, 3.05) is 6.54 Å². The normalized spacial score (nSPS) is 12.8. The van der Waals surface area contributed by atoms with E-state index in [2.05, 4.69) is 17.6 Å². The number of nitrogens with one attached hydrogen (secondary N) is 2. The lowest BCUT2D eigenvalue weighted by Crippen LogP contribution is -2.44. The summed E-state index contributed by atoms with van der Waals surface area (Å²) in [5.74, 6) is -0.887. The molecule has 5 nitrogen and oxygen atoms in total. The predicted octanol–water partition coefficient (Wildman–Crippen LogP) is 3.15. The summed E-state index contributed by atoms with van der Waals surface area (Å²) in [5.41, 5.74) is -0.0193. The Hall–Kier alpha value is -1.26. The lowest BCUT2D eigenvalue weighted by atomic mass is 9.87. The van der Waals surface area contributed by atoms with Crippen molar-refractivity contribution in [3.63, 3.8) is 0 Å². The highest BCUT2D eigenvalue weighted by Gasteiger charge is 2.22. The second-order valence-corrected chi connectivity index (χ2v) is 6.52. The van der Waals surface area contributed by atoms with E-state index >= 15 is 0 Å².